The molecule has 0 atom stereocenters. The van der Waals surface area contributed by atoms with Gasteiger partial charge < -0.3 is 14.4 Å². The fraction of sp³-hybridized carbons (Fsp3) is 0.462. The molecule has 0 aliphatic carbocycles. The van der Waals surface area contributed by atoms with Crippen LogP contribution < -0.4 is 9.64 Å². The molecule has 1 rings (SSSR count). The molecule has 0 spiro atoms. The summed E-state index contributed by atoms with van der Waals surface area (Å²) in [4.78, 5) is 13.3. The van der Waals surface area contributed by atoms with Gasteiger partial charge in [0.15, 0.2) is 0 Å². The van der Waals surface area contributed by atoms with Gasteiger partial charge in [0.05, 0.1) is 7.11 Å². The molecular formula is C13H19NO3. The zero-order valence-electron chi connectivity index (χ0n) is 10.6. The number of likely N-dealkylation sites (N-methyl/N-ethyl adjacent to an activating group) is 1. The maximum Gasteiger partial charge on any atom is 0.252 e. The number of amides is 1. The highest BCUT2D eigenvalue weighted by Gasteiger charge is 2.10. The summed E-state index contributed by atoms with van der Waals surface area (Å²) in [5.41, 5.74) is 0.830. The molecule has 0 unspecified atom stereocenters. The van der Waals surface area contributed by atoms with E-state index in [1.54, 1.807) is 19.1 Å². The zero-order chi connectivity index (χ0) is 12.7. The normalized spacial score (nSPS) is 10.1. The van der Waals surface area contributed by atoms with Crippen molar-refractivity contribution in [2.24, 2.45) is 0 Å². The third-order valence-corrected chi connectivity index (χ3v) is 2.41. The Kier molecular flexibility index (Phi) is 5.49. The first-order valence-corrected chi connectivity index (χ1v) is 5.67. The molecule has 1 aromatic carbocycles. The van der Waals surface area contributed by atoms with Crippen LogP contribution in [0.25, 0.3) is 0 Å². The molecule has 94 valence electrons. The van der Waals surface area contributed by atoms with Gasteiger partial charge in [-0.1, -0.05) is 6.92 Å². The van der Waals surface area contributed by atoms with E-state index in [0.717, 1.165) is 17.9 Å². The van der Waals surface area contributed by atoms with Crippen molar-refractivity contribution in [1.29, 1.82) is 0 Å². The third kappa shape index (κ3) is 4.07. The molecule has 0 aromatic heterocycles. The maximum atomic E-state index is 11.7. The van der Waals surface area contributed by atoms with Crippen LogP contribution in [0.5, 0.6) is 5.75 Å². The van der Waals surface area contributed by atoms with E-state index in [1.165, 1.54) is 0 Å². The van der Waals surface area contributed by atoms with Crippen LogP contribution in [0, 0.1) is 0 Å². The van der Waals surface area contributed by atoms with E-state index < -0.39 is 0 Å². The topological polar surface area (TPSA) is 38.8 Å². The first-order valence-electron chi connectivity index (χ1n) is 5.67. The Hall–Kier alpha value is -1.55. The van der Waals surface area contributed by atoms with Gasteiger partial charge in [-0.05, 0) is 30.7 Å². The minimum Gasteiger partial charge on any atom is -0.497 e. The first-order chi connectivity index (χ1) is 8.19. The summed E-state index contributed by atoms with van der Waals surface area (Å²) < 4.78 is 10.3. The Bertz CT molecular complexity index is 348. The van der Waals surface area contributed by atoms with E-state index in [2.05, 4.69) is 0 Å². The maximum absolute atomic E-state index is 11.7. The van der Waals surface area contributed by atoms with Gasteiger partial charge in [-0.15, -0.1) is 0 Å². The van der Waals surface area contributed by atoms with E-state index in [4.69, 9.17) is 9.47 Å². The minimum atomic E-state index is -0.0522. The van der Waals surface area contributed by atoms with Gasteiger partial charge in [0.2, 0.25) is 0 Å². The Morgan fingerprint density at radius 1 is 1.29 bits per heavy atom. The lowest BCUT2D eigenvalue weighted by molar-refractivity contribution is -0.122. The quantitative estimate of drug-likeness (QED) is 0.711. The Morgan fingerprint density at radius 3 is 2.47 bits per heavy atom. The Labute approximate surface area is 102 Å². The number of hydrogen-bond acceptors (Lipinski definition) is 3. The summed E-state index contributed by atoms with van der Waals surface area (Å²) in [7, 11) is 3.35. The molecule has 0 heterocycles. The van der Waals surface area contributed by atoms with E-state index in [9.17, 15) is 4.79 Å². The average Bonchev–Trinajstić information content (AvgIpc) is 2.38. The van der Waals surface area contributed by atoms with Crippen molar-refractivity contribution in [2.45, 2.75) is 13.3 Å². The van der Waals surface area contributed by atoms with Gasteiger partial charge >= 0.3 is 0 Å². The Morgan fingerprint density at radius 2 is 1.94 bits per heavy atom. The van der Waals surface area contributed by atoms with Crippen molar-refractivity contribution in [1.82, 2.24) is 0 Å². The second-order valence-electron chi connectivity index (χ2n) is 3.70. The number of anilines is 1. The monoisotopic (exact) mass is 237 g/mol. The van der Waals surface area contributed by atoms with Crippen molar-refractivity contribution in [3.8, 4) is 5.75 Å². The SMILES string of the molecule is CCCOCC(=O)N(C)c1ccc(OC)cc1. The van der Waals surface area contributed by atoms with Crippen LogP contribution in [0.15, 0.2) is 24.3 Å². The van der Waals surface area contributed by atoms with E-state index in [1.807, 2.05) is 31.2 Å². The minimum absolute atomic E-state index is 0.0522. The van der Waals surface area contributed by atoms with Crippen molar-refractivity contribution < 1.29 is 14.3 Å². The third-order valence-electron chi connectivity index (χ3n) is 2.41. The molecule has 0 N–H and O–H groups in total. The molecule has 4 heteroatoms. The highest BCUT2D eigenvalue weighted by molar-refractivity contribution is 5.93. The molecule has 0 aliphatic heterocycles. The molecule has 0 fully saturated rings. The van der Waals surface area contributed by atoms with E-state index in [0.29, 0.717) is 6.61 Å². The van der Waals surface area contributed by atoms with Crippen LogP contribution in [0.3, 0.4) is 0 Å². The lowest BCUT2D eigenvalue weighted by Gasteiger charge is -2.17. The highest BCUT2D eigenvalue weighted by Crippen LogP contribution is 2.18. The molecule has 0 saturated carbocycles. The number of carbonyl (C=O) groups excluding carboxylic acids is 1. The van der Waals surface area contributed by atoms with Crippen LogP contribution in [0.1, 0.15) is 13.3 Å². The number of nitrogens with zero attached hydrogens (tertiary/aromatic N) is 1. The van der Waals surface area contributed by atoms with Crippen molar-refractivity contribution >= 4 is 11.6 Å². The van der Waals surface area contributed by atoms with Gasteiger partial charge in [0.25, 0.3) is 5.91 Å². The summed E-state index contributed by atoms with van der Waals surface area (Å²) in [6.45, 7) is 2.75. The number of hydrogen-bond donors (Lipinski definition) is 0. The largest absolute Gasteiger partial charge is 0.497 e. The standard InChI is InChI=1S/C13H19NO3/c1-4-9-17-10-13(15)14(2)11-5-7-12(16-3)8-6-11/h5-8H,4,9-10H2,1-3H3. The number of rotatable bonds is 6. The van der Waals surface area contributed by atoms with Gasteiger partial charge in [-0.2, -0.15) is 0 Å². The van der Waals surface area contributed by atoms with Crippen LogP contribution in [-0.4, -0.2) is 33.3 Å². The van der Waals surface area contributed by atoms with Crippen molar-refractivity contribution in [2.75, 3.05) is 32.3 Å². The van der Waals surface area contributed by atoms with Crippen molar-refractivity contribution in [3.63, 3.8) is 0 Å². The number of ether oxygens (including phenoxy) is 2. The van der Waals surface area contributed by atoms with Crippen LogP contribution in [0.4, 0.5) is 5.69 Å². The molecule has 0 radical (unpaired) electrons. The predicted octanol–water partition coefficient (Wildman–Crippen LogP) is 2.08. The van der Waals surface area contributed by atoms with Crippen LogP contribution in [0.2, 0.25) is 0 Å². The molecule has 0 aliphatic rings. The molecule has 0 saturated heterocycles. The summed E-state index contributed by atoms with van der Waals surface area (Å²) in [6.07, 6.45) is 0.916. The number of methoxy groups -OCH3 is 1. The molecular weight excluding hydrogens is 218 g/mol. The average molecular weight is 237 g/mol. The van der Waals surface area contributed by atoms with Gasteiger partial charge in [-0.3, -0.25) is 4.79 Å². The molecule has 1 aromatic rings. The summed E-state index contributed by atoms with van der Waals surface area (Å²) >= 11 is 0. The molecule has 4 nitrogen and oxygen atoms in total. The molecule has 17 heavy (non-hydrogen) atoms. The van der Waals surface area contributed by atoms with Crippen molar-refractivity contribution in [3.05, 3.63) is 24.3 Å². The Balaban J connectivity index is 2.55. The zero-order valence-corrected chi connectivity index (χ0v) is 10.6. The smallest absolute Gasteiger partial charge is 0.252 e. The molecule has 1 amide bonds. The van der Waals surface area contributed by atoms with Gasteiger partial charge in [0, 0.05) is 19.3 Å². The van der Waals surface area contributed by atoms with Gasteiger partial charge in [-0.25, -0.2) is 0 Å². The lowest BCUT2D eigenvalue weighted by Crippen LogP contribution is -2.30. The molecule has 0 bridgehead atoms. The fourth-order valence-electron chi connectivity index (χ4n) is 1.35. The second kappa shape index (κ2) is 6.91. The second-order valence-corrected chi connectivity index (χ2v) is 3.70. The van der Waals surface area contributed by atoms with Crippen LogP contribution in [-0.2, 0) is 9.53 Å². The first kappa shape index (κ1) is 13.5. The number of benzene rings is 1. The predicted molar refractivity (Wildman–Crippen MR) is 67.5 cm³/mol. The van der Waals surface area contributed by atoms with E-state index >= 15 is 0 Å². The van der Waals surface area contributed by atoms with Crippen LogP contribution >= 0.6 is 0 Å². The fourth-order valence-corrected chi connectivity index (χ4v) is 1.35. The summed E-state index contributed by atoms with van der Waals surface area (Å²) in [5, 5.41) is 0. The summed E-state index contributed by atoms with van der Waals surface area (Å²) in [6, 6.07) is 7.34. The highest BCUT2D eigenvalue weighted by atomic mass is 16.5. The number of carbonyl (C=O) groups is 1. The van der Waals surface area contributed by atoms with Gasteiger partial charge in [0.1, 0.15) is 12.4 Å². The summed E-state index contributed by atoms with van der Waals surface area (Å²) in [5.74, 6) is 0.723. The van der Waals surface area contributed by atoms with E-state index in [-0.39, 0.29) is 12.5 Å². The lowest BCUT2D eigenvalue weighted by atomic mass is 10.3.